The van der Waals surface area contributed by atoms with Crippen molar-refractivity contribution in [2.45, 2.75) is 13.0 Å². The average Bonchev–Trinajstić information content (AvgIpc) is 3.04. The zero-order valence-corrected chi connectivity index (χ0v) is 16.1. The van der Waals surface area contributed by atoms with Crippen molar-refractivity contribution in [3.8, 4) is 0 Å². The number of hydrogen-bond acceptors (Lipinski definition) is 7. The van der Waals surface area contributed by atoms with Crippen LogP contribution in [0.5, 0.6) is 0 Å². The number of nitrogens with zero attached hydrogens (tertiary/aromatic N) is 2. The number of amides is 2. The molecular weight excluding hydrogens is 370 g/mol. The molecule has 0 saturated carbocycles. The fraction of sp³-hybridized carbons (Fsp3) is 0.333. The highest BCUT2D eigenvalue weighted by atomic mass is 32.2. The first-order valence-corrected chi connectivity index (χ1v) is 9.29. The van der Waals surface area contributed by atoms with Crippen LogP contribution in [-0.4, -0.2) is 53.4 Å². The Morgan fingerprint density at radius 3 is 2.52 bits per heavy atom. The molecule has 144 valence electrons. The zero-order chi connectivity index (χ0) is 19.8. The van der Waals surface area contributed by atoms with Crippen LogP contribution in [0.3, 0.4) is 0 Å². The molecule has 2 aromatic rings. The predicted molar refractivity (Wildman–Crippen MR) is 101 cm³/mol. The van der Waals surface area contributed by atoms with Crippen LogP contribution < -0.4 is 5.32 Å². The smallest absolute Gasteiger partial charge is 0.317 e. The molecule has 0 bridgehead atoms. The van der Waals surface area contributed by atoms with E-state index in [9.17, 15) is 14.4 Å². The van der Waals surface area contributed by atoms with Gasteiger partial charge in [-0.05, 0) is 6.92 Å². The van der Waals surface area contributed by atoms with Crippen molar-refractivity contribution in [2.24, 2.45) is 0 Å². The van der Waals surface area contributed by atoms with E-state index in [0.717, 1.165) is 11.8 Å². The fourth-order valence-electron chi connectivity index (χ4n) is 2.12. The van der Waals surface area contributed by atoms with Crippen molar-refractivity contribution in [2.75, 3.05) is 30.9 Å². The van der Waals surface area contributed by atoms with Gasteiger partial charge in [-0.1, -0.05) is 35.5 Å². The number of carbonyl (C=O) groups is 3. The number of aromatic nitrogens is 1. The fourth-order valence-corrected chi connectivity index (χ4v) is 2.71. The van der Waals surface area contributed by atoms with Crippen LogP contribution in [-0.2, 0) is 19.1 Å². The van der Waals surface area contributed by atoms with Crippen molar-refractivity contribution in [1.29, 1.82) is 0 Å². The summed E-state index contributed by atoms with van der Waals surface area (Å²) in [4.78, 5) is 37.6. The first-order chi connectivity index (χ1) is 12.9. The molecule has 1 atom stereocenters. The van der Waals surface area contributed by atoms with E-state index in [2.05, 4.69) is 10.5 Å². The molecule has 0 radical (unpaired) electrons. The van der Waals surface area contributed by atoms with Crippen molar-refractivity contribution in [3.63, 3.8) is 0 Å². The molecule has 9 heteroatoms. The van der Waals surface area contributed by atoms with Gasteiger partial charge in [0.1, 0.15) is 5.76 Å². The van der Waals surface area contributed by atoms with E-state index in [4.69, 9.17) is 9.26 Å². The molecule has 0 aliphatic heterocycles. The van der Waals surface area contributed by atoms with Crippen molar-refractivity contribution < 1.29 is 23.6 Å². The van der Waals surface area contributed by atoms with Crippen molar-refractivity contribution >= 4 is 35.4 Å². The minimum Gasteiger partial charge on any atom is -0.447 e. The zero-order valence-electron chi connectivity index (χ0n) is 15.3. The number of benzene rings is 1. The molecule has 27 heavy (non-hydrogen) atoms. The van der Waals surface area contributed by atoms with Gasteiger partial charge in [0.15, 0.2) is 5.82 Å². The van der Waals surface area contributed by atoms with E-state index < -0.39 is 12.1 Å². The summed E-state index contributed by atoms with van der Waals surface area (Å²) < 4.78 is 10.2. The first-order valence-electron chi connectivity index (χ1n) is 8.13. The molecule has 1 aromatic heterocycles. The molecule has 1 N–H and O–H groups in total. The van der Waals surface area contributed by atoms with Crippen molar-refractivity contribution in [1.82, 2.24) is 10.1 Å². The molecular formula is C18H21N3O5S. The maximum atomic E-state index is 12.3. The highest BCUT2D eigenvalue weighted by Gasteiger charge is 2.26. The van der Waals surface area contributed by atoms with Crippen LogP contribution in [0.2, 0.25) is 0 Å². The Kier molecular flexibility index (Phi) is 7.42. The van der Waals surface area contributed by atoms with Gasteiger partial charge in [0.2, 0.25) is 12.0 Å². The summed E-state index contributed by atoms with van der Waals surface area (Å²) in [5.74, 6) is -0.341. The minimum absolute atomic E-state index is 0.0403. The Labute approximate surface area is 161 Å². The van der Waals surface area contributed by atoms with E-state index in [1.54, 1.807) is 51.4 Å². The number of ether oxygens (including phenoxy) is 1. The number of anilines is 1. The van der Waals surface area contributed by atoms with Crippen LogP contribution >= 0.6 is 11.8 Å². The quantitative estimate of drug-likeness (QED) is 0.687. The monoisotopic (exact) mass is 391 g/mol. The maximum absolute atomic E-state index is 12.3. The molecule has 0 saturated heterocycles. The van der Waals surface area contributed by atoms with E-state index in [1.807, 2.05) is 6.07 Å². The summed E-state index contributed by atoms with van der Waals surface area (Å²) in [6, 6.07) is 10.4. The van der Waals surface area contributed by atoms with Gasteiger partial charge >= 0.3 is 5.97 Å². The molecule has 2 rings (SSSR count). The normalized spacial score (nSPS) is 11.5. The number of thioether (sulfide) groups is 1. The van der Waals surface area contributed by atoms with Gasteiger partial charge in [-0.3, -0.25) is 14.4 Å². The molecule has 8 nitrogen and oxygen atoms in total. The van der Waals surface area contributed by atoms with Gasteiger partial charge < -0.3 is 19.5 Å². The standard InChI is InChI=1S/C18H21N3O5S/c1-12-9-14(20-26-12)19-15(22)10-27-11-16(23)25-17(18(24)21(2)3)13-7-5-4-6-8-13/h4-9,17H,10-11H2,1-3H3,(H,19,20,22)/t17-/m0/s1. The van der Waals surface area contributed by atoms with Gasteiger partial charge in [0.25, 0.3) is 5.91 Å². The second-order valence-electron chi connectivity index (χ2n) is 5.88. The molecule has 0 unspecified atom stereocenters. The van der Waals surface area contributed by atoms with E-state index in [-0.39, 0.29) is 23.3 Å². The lowest BCUT2D eigenvalue weighted by atomic mass is 10.1. The van der Waals surface area contributed by atoms with E-state index in [1.165, 1.54) is 4.90 Å². The summed E-state index contributed by atoms with van der Waals surface area (Å²) in [5, 5.41) is 6.22. The van der Waals surface area contributed by atoms with Gasteiger partial charge in [-0.15, -0.1) is 11.8 Å². The predicted octanol–water partition coefficient (Wildman–Crippen LogP) is 2.03. The highest BCUT2D eigenvalue weighted by molar-refractivity contribution is 8.00. The number of aryl methyl sites for hydroxylation is 1. The molecule has 0 aliphatic carbocycles. The lowest BCUT2D eigenvalue weighted by Gasteiger charge is -2.21. The van der Waals surface area contributed by atoms with Gasteiger partial charge in [0, 0.05) is 25.7 Å². The summed E-state index contributed by atoms with van der Waals surface area (Å²) in [7, 11) is 3.19. The Morgan fingerprint density at radius 1 is 1.22 bits per heavy atom. The van der Waals surface area contributed by atoms with Crippen LogP contribution in [0, 0.1) is 6.92 Å². The van der Waals surface area contributed by atoms with Gasteiger partial charge in [-0.25, -0.2) is 0 Å². The minimum atomic E-state index is -1.01. The Bertz CT molecular complexity index is 791. The average molecular weight is 391 g/mol. The second kappa shape index (κ2) is 9.77. The molecule has 0 spiro atoms. The summed E-state index contributed by atoms with van der Waals surface area (Å²) >= 11 is 1.08. The third-order valence-corrected chi connectivity index (χ3v) is 4.27. The Morgan fingerprint density at radius 2 is 1.93 bits per heavy atom. The van der Waals surface area contributed by atoms with E-state index >= 15 is 0 Å². The van der Waals surface area contributed by atoms with Crippen LogP contribution in [0.1, 0.15) is 17.4 Å². The largest absolute Gasteiger partial charge is 0.447 e. The summed E-state index contributed by atoms with van der Waals surface area (Å²) in [6.45, 7) is 1.71. The lowest BCUT2D eigenvalue weighted by molar-refractivity contribution is -0.157. The highest BCUT2D eigenvalue weighted by Crippen LogP contribution is 2.20. The molecule has 1 heterocycles. The van der Waals surface area contributed by atoms with Crippen molar-refractivity contribution in [3.05, 3.63) is 47.7 Å². The topological polar surface area (TPSA) is 102 Å². The van der Waals surface area contributed by atoms with E-state index in [0.29, 0.717) is 17.1 Å². The van der Waals surface area contributed by atoms with Crippen LogP contribution in [0.15, 0.2) is 40.9 Å². The molecule has 0 aliphatic rings. The SMILES string of the molecule is Cc1cc(NC(=O)CSCC(=O)O[C@H](C(=O)N(C)C)c2ccccc2)no1. The molecule has 0 fully saturated rings. The van der Waals surface area contributed by atoms with Gasteiger partial charge in [0.05, 0.1) is 11.5 Å². The Balaban J connectivity index is 1.84. The third kappa shape index (κ3) is 6.45. The number of rotatable bonds is 8. The molecule has 1 aromatic carbocycles. The molecule has 2 amide bonds. The number of carbonyl (C=O) groups excluding carboxylic acids is 3. The maximum Gasteiger partial charge on any atom is 0.317 e. The lowest BCUT2D eigenvalue weighted by Crippen LogP contribution is -2.31. The summed E-state index contributed by atoms with van der Waals surface area (Å²) in [6.07, 6.45) is -1.01. The van der Waals surface area contributed by atoms with Gasteiger partial charge in [-0.2, -0.15) is 0 Å². The number of hydrogen-bond donors (Lipinski definition) is 1. The first kappa shape index (κ1) is 20.5. The Hall–Kier alpha value is -2.81. The van der Waals surface area contributed by atoms with Crippen LogP contribution in [0.25, 0.3) is 0 Å². The number of esters is 1. The third-order valence-electron chi connectivity index (χ3n) is 3.37. The van der Waals surface area contributed by atoms with Crippen LogP contribution in [0.4, 0.5) is 5.82 Å². The number of likely N-dealkylation sites (N-methyl/N-ethyl adjacent to an activating group) is 1. The summed E-state index contributed by atoms with van der Waals surface area (Å²) in [5.41, 5.74) is 0.591. The second-order valence-corrected chi connectivity index (χ2v) is 6.86. The number of nitrogens with one attached hydrogen (secondary N) is 1.